The van der Waals surface area contributed by atoms with Crippen LogP contribution in [0.1, 0.15) is 23.6 Å². The lowest BCUT2D eigenvalue weighted by Crippen LogP contribution is -2.48. The van der Waals surface area contributed by atoms with Crippen molar-refractivity contribution in [1.29, 1.82) is 0 Å². The molecule has 1 amide bonds. The van der Waals surface area contributed by atoms with Crippen LogP contribution in [0.2, 0.25) is 0 Å². The zero-order valence-electron chi connectivity index (χ0n) is 15.1. The number of carboxylic acid groups (broad SMARTS) is 1. The molecule has 2 atom stereocenters. The van der Waals surface area contributed by atoms with Crippen molar-refractivity contribution < 1.29 is 23.8 Å². The Hall–Kier alpha value is -2.51. The van der Waals surface area contributed by atoms with E-state index in [-0.39, 0.29) is 18.5 Å². The van der Waals surface area contributed by atoms with Crippen LogP contribution in [0.15, 0.2) is 42.5 Å². The number of aryl methyl sites for hydroxylation is 1. The summed E-state index contributed by atoms with van der Waals surface area (Å²) in [4.78, 5) is 11.0. The number of carbonyl (C=O) groups is 1. The molecule has 0 unspecified atom stereocenters. The van der Waals surface area contributed by atoms with Crippen LogP contribution >= 0.6 is 0 Å². The molecule has 0 fully saturated rings. The Kier molecular flexibility index (Phi) is 7.69. The summed E-state index contributed by atoms with van der Waals surface area (Å²) in [6.45, 7) is 2.70. The first-order valence-corrected chi connectivity index (χ1v) is 8.78. The molecule has 0 heterocycles. The third-order valence-corrected chi connectivity index (χ3v) is 4.23. The van der Waals surface area contributed by atoms with Gasteiger partial charge in [0, 0.05) is 19.2 Å². The Morgan fingerprint density at radius 1 is 1.07 bits per heavy atom. The predicted octanol–water partition coefficient (Wildman–Crippen LogP) is 2.86. The van der Waals surface area contributed by atoms with Crippen LogP contribution in [0.25, 0.3) is 0 Å². The Bertz CT molecular complexity index is 750. The van der Waals surface area contributed by atoms with E-state index in [9.17, 15) is 18.7 Å². The Morgan fingerprint density at radius 3 is 2.37 bits per heavy atom. The minimum atomic E-state index is -1.31. The minimum Gasteiger partial charge on any atom is -0.465 e. The molecule has 0 saturated heterocycles. The maximum Gasteiger partial charge on any atom is 0.404 e. The standard InChI is InChI=1S/C20H24F2N2O3/c1-2-13-4-3-5-14(6-13)11-23-12-19(25)18(24-20(26)27)9-15-7-16(21)10-17(22)8-15/h3-8,10,18-19,23-25H,2,9,11-12H2,1H3,(H,26,27)/t18-,19-/m0/s1. The van der Waals surface area contributed by atoms with Crippen molar-refractivity contribution in [1.82, 2.24) is 10.6 Å². The summed E-state index contributed by atoms with van der Waals surface area (Å²) in [5, 5.41) is 24.7. The molecule has 2 aromatic rings. The minimum absolute atomic E-state index is 0.0326. The molecule has 27 heavy (non-hydrogen) atoms. The largest absolute Gasteiger partial charge is 0.465 e. The quantitative estimate of drug-likeness (QED) is 0.541. The molecule has 0 aliphatic heterocycles. The van der Waals surface area contributed by atoms with Gasteiger partial charge < -0.3 is 20.8 Å². The van der Waals surface area contributed by atoms with Gasteiger partial charge in [0.15, 0.2) is 0 Å². The van der Waals surface area contributed by atoms with Crippen molar-refractivity contribution in [3.05, 3.63) is 70.8 Å². The lowest BCUT2D eigenvalue weighted by Gasteiger charge is -2.23. The summed E-state index contributed by atoms with van der Waals surface area (Å²) in [7, 11) is 0. The maximum atomic E-state index is 13.3. The van der Waals surface area contributed by atoms with E-state index in [1.807, 2.05) is 18.2 Å². The number of aliphatic hydroxyl groups excluding tert-OH is 1. The van der Waals surface area contributed by atoms with Crippen molar-refractivity contribution in [2.24, 2.45) is 0 Å². The zero-order valence-corrected chi connectivity index (χ0v) is 15.1. The fourth-order valence-corrected chi connectivity index (χ4v) is 2.89. The topological polar surface area (TPSA) is 81.6 Å². The second kappa shape index (κ2) is 9.99. The molecule has 2 rings (SSSR count). The van der Waals surface area contributed by atoms with Crippen LogP contribution in [0.4, 0.5) is 13.6 Å². The number of nitrogens with one attached hydrogen (secondary N) is 2. The SMILES string of the molecule is CCc1cccc(CNC[C@H](O)[C@H](Cc2cc(F)cc(F)c2)NC(=O)O)c1. The molecular weight excluding hydrogens is 354 g/mol. The molecule has 0 aliphatic carbocycles. The van der Waals surface area contributed by atoms with Gasteiger partial charge in [-0.3, -0.25) is 0 Å². The van der Waals surface area contributed by atoms with Gasteiger partial charge in [0.25, 0.3) is 0 Å². The molecule has 146 valence electrons. The summed E-state index contributed by atoms with van der Waals surface area (Å²) in [5.41, 5.74) is 2.52. The van der Waals surface area contributed by atoms with Crippen LogP contribution < -0.4 is 10.6 Å². The van der Waals surface area contributed by atoms with Gasteiger partial charge in [0.2, 0.25) is 0 Å². The first-order chi connectivity index (χ1) is 12.9. The highest BCUT2D eigenvalue weighted by Gasteiger charge is 2.22. The Morgan fingerprint density at radius 2 is 1.74 bits per heavy atom. The monoisotopic (exact) mass is 378 g/mol. The average molecular weight is 378 g/mol. The van der Waals surface area contributed by atoms with E-state index >= 15 is 0 Å². The summed E-state index contributed by atoms with van der Waals surface area (Å²) in [6, 6.07) is 10.1. The van der Waals surface area contributed by atoms with Gasteiger partial charge in [-0.1, -0.05) is 31.2 Å². The van der Waals surface area contributed by atoms with E-state index in [0.717, 1.165) is 30.2 Å². The van der Waals surface area contributed by atoms with Crippen LogP contribution in [0.3, 0.4) is 0 Å². The normalized spacial score (nSPS) is 13.2. The van der Waals surface area contributed by atoms with E-state index in [1.165, 1.54) is 5.56 Å². The Balaban J connectivity index is 1.96. The summed E-state index contributed by atoms with van der Waals surface area (Å²) < 4.78 is 26.7. The second-order valence-corrected chi connectivity index (χ2v) is 6.41. The number of rotatable bonds is 9. The van der Waals surface area contributed by atoms with E-state index in [2.05, 4.69) is 23.6 Å². The number of hydrogen-bond donors (Lipinski definition) is 4. The maximum absolute atomic E-state index is 13.3. The highest BCUT2D eigenvalue weighted by molar-refractivity contribution is 5.65. The highest BCUT2D eigenvalue weighted by atomic mass is 19.1. The van der Waals surface area contributed by atoms with Crippen molar-refractivity contribution in [2.75, 3.05) is 6.54 Å². The third kappa shape index (κ3) is 6.96. The first kappa shape index (κ1) is 20.8. The molecule has 4 N–H and O–H groups in total. The summed E-state index contributed by atoms with van der Waals surface area (Å²) >= 11 is 0. The van der Waals surface area contributed by atoms with Gasteiger partial charge in [-0.05, 0) is 41.7 Å². The molecule has 0 aliphatic rings. The van der Waals surface area contributed by atoms with Gasteiger partial charge in [0.1, 0.15) is 11.6 Å². The first-order valence-electron chi connectivity index (χ1n) is 8.78. The smallest absolute Gasteiger partial charge is 0.404 e. The van der Waals surface area contributed by atoms with Gasteiger partial charge in [-0.15, -0.1) is 0 Å². The number of halogens is 2. The summed E-state index contributed by atoms with van der Waals surface area (Å²) in [5.74, 6) is -1.50. The highest BCUT2D eigenvalue weighted by Crippen LogP contribution is 2.12. The number of amides is 1. The van der Waals surface area contributed by atoms with Crippen LogP contribution in [-0.2, 0) is 19.4 Å². The molecule has 0 bridgehead atoms. The van der Waals surface area contributed by atoms with E-state index in [0.29, 0.717) is 6.54 Å². The van der Waals surface area contributed by atoms with Gasteiger partial charge in [-0.2, -0.15) is 0 Å². The molecule has 7 heteroatoms. The van der Waals surface area contributed by atoms with Crippen molar-refractivity contribution >= 4 is 6.09 Å². The average Bonchev–Trinajstić information content (AvgIpc) is 2.60. The molecule has 0 radical (unpaired) electrons. The van der Waals surface area contributed by atoms with Gasteiger partial charge in [0.05, 0.1) is 12.1 Å². The molecular formula is C20H24F2N2O3. The van der Waals surface area contributed by atoms with Crippen molar-refractivity contribution in [3.8, 4) is 0 Å². The third-order valence-electron chi connectivity index (χ3n) is 4.23. The second-order valence-electron chi connectivity index (χ2n) is 6.41. The molecule has 0 aromatic heterocycles. The molecule has 5 nitrogen and oxygen atoms in total. The van der Waals surface area contributed by atoms with Crippen LogP contribution in [0.5, 0.6) is 0 Å². The van der Waals surface area contributed by atoms with E-state index in [1.54, 1.807) is 0 Å². The van der Waals surface area contributed by atoms with E-state index < -0.39 is 29.9 Å². The van der Waals surface area contributed by atoms with Crippen molar-refractivity contribution in [2.45, 2.75) is 38.5 Å². The fourth-order valence-electron chi connectivity index (χ4n) is 2.89. The lowest BCUT2D eigenvalue weighted by atomic mass is 10.0. The summed E-state index contributed by atoms with van der Waals surface area (Å²) in [6.07, 6.45) is -1.49. The van der Waals surface area contributed by atoms with E-state index in [4.69, 9.17) is 5.11 Å². The van der Waals surface area contributed by atoms with Crippen LogP contribution in [-0.4, -0.2) is 35.0 Å². The molecule has 2 aromatic carbocycles. The number of benzene rings is 2. The number of hydrogen-bond acceptors (Lipinski definition) is 3. The van der Waals surface area contributed by atoms with Gasteiger partial charge in [-0.25, -0.2) is 13.6 Å². The molecule has 0 saturated carbocycles. The zero-order chi connectivity index (χ0) is 19.8. The fraction of sp³-hybridized carbons (Fsp3) is 0.350. The molecule has 0 spiro atoms. The Labute approximate surface area is 157 Å². The predicted molar refractivity (Wildman–Crippen MR) is 98.5 cm³/mol. The van der Waals surface area contributed by atoms with Gasteiger partial charge >= 0.3 is 6.09 Å². The van der Waals surface area contributed by atoms with Crippen LogP contribution in [0, 0.1) is 11.6 Å². The number of aliphatic hydroxyl groups is 1. The van der Waals surface area contributed by atoms with Crippen molar-refractivity contribution in [3.63, 3.8) is 0 Å². The lowest BCUT2D eigenvalue weighted by molar-refractivity contribution is 0.117.